The normalized spacial score (nSPS) is 23.1. The molecule has 5 heteroatoms. The minimum atomic E-state index is -0.463. The van der Waals surface area contributed by atoms with Gasteiger partial charge >= 0.3 is 0 Å². The maximum Gasteiger partial charge on any atom is 0.251 e. The van der Waals surface area contributed by atoms with Gasteiger partial charge in [0.1, 0.15) is 5.82 Å². The van der Waals surface area contributed by atoms with E-state index in [1.807, 2.05) is 6.92 Å². The lowest BCUT2D eigenvalue weighted by molar-refractivity contribution is 0.0272. The van der Waals surface area contributed by atoms with Crippen LogP contribution in [0.4, 0.5) is 10.1 Å². The van der Waals surface area contributed by atoms with E-state index in [2.05, 4.69) is 5.32 Å². The molecule has 0 aliphatic carbocycles. The Bertz CT molecular complexity index is 473. The van der Waals surface area contributed by atoms with E-state index < -0.39 is 11.4 Å². The number of benzene rings is 1. The third kappa shape index (κ3) is 3.04. The molecule has 1 aliphatic rings. The van der Waals surface area contributed by atoms with Crippen LogP contribution in [0.25, 0.3) is 0 Å². The molecule has 1 atom stereocenters. The van der Waals surface area contributed by atoms with Gasteiger partial charge in [-0.15, -0.1) is 0 Å². The van der Waals surface area contributed by atoms with Crippen LogP contribution in [0.3, 0.4) is 0 Å². The summed E-state index contributed by atoms with van der Waals surface area (Å²) < 4.78 is 19.0. The van der Waals surface area contributed by atoms with Crippen LogP contribution < -0.4 is 11.1 Å². The van der Waals surface area contributed by atoms with Crippen LogP contribution in [0.1, 0.15) is 35.7 Å². The van der Waals surface area contributed by atoms with Crippen molar-refractivity contribution in [2.24, 2.45) is 0 Å². The van der Waals surface area contributed by atoms with Crippen molar-refractivity contribution in [1.82, 2.24) is 5.32 Å². The predicted molar refractivity (Wildman–Crippen MR) is 71.5 cm³/mol. The van der Waals surface area contributed by atoms with Crippen molar-refractivity contribution in [3.63, 3.8) is 0 Å². The van der Waals surface area contributed by atoms with Gasteiger partial charge in [-0.2, -0.15) is 0 Å². The highest BCUT2D eigenvalue weighted by atomic mass is 19.1. The molecule has 4 nitrogen and oxygen atoms in total. The molecule has 1 aliphatic heterocycles. The largest absolute Gasteiger partial charge is 0.398 e. The molecule has 0 radical (unpaired) electrons. The number of hydrogen-bond acceptors (Lipinski definition) is 3. The molecule has 0 saturated carbocycles. The summed E-state index contributed by atoms with van der Waals surface area (Å²) in [5.74, 6) is -0.784. The van der Waals surface area contributed by atoms with Crippen molar-refractivity contribution in [3.05, 3.63) is 29.1 Å². The molecule has 19 heavy (non-hydrogen) atoms. The third-order valence-corrected chi connectivity index (χ3v) is 3.50. The molecule has 1 aromatic rings. The fourth-order valence-corrected chi connectivity index (χ4v) is 2.21. The Morgan fingerprint density at radius 3 is 2.84 bits per heavy atom. The van der Waals surface area contributed by atoms with E-state index >= 15 is 0 Å². The molecular weight excluding hydrogens is 247 g/mol. The van der Waals surface area contributed by atoms with E-state index in [9.17, 15) is 9.18 Å². The Kier molecular flexibility index (Phi) is 3.75. The number of nitrogens with one attached hydrogen (secondary N) is 1. The summed E-state index contributed by atoms with van der Waals surface area (Å²) >= 11 is 0. The molecular formula is C14H19FN2O2. The number of nitrogen functional groups attached to an aromatic ring is 1. The second-order valence-electron chi connectivity index (χ2n) is 5.34. The van der Waals surface area contributed by atoms with E-state index in [0.717, 1.165) is 19.4 Å². The Morgan fingerprint density at radius 1 is 1.53 bits per heavy atom. The molecule has 3 N–H and O–H groups in total. The van der Waals surface area contributed by atoms with Crippen molar-refractivity contribution < 1.29 is 13.9 Å². The average Bonchev–Trinajstić information content (AvgIpc) is 2.35. The average molecular weight is 266 g/mol. The Hall–Kier alpha value is -1.62. The minimum Gasteiger partial charge on any atom is -0.398 e. The highest BCUT2D eigenvalue weighted by molar-refractivity contribution is 5.95. The van der Waals surface area contributed by atoms with Gasteiger partial charge in [0, 0.05) is 23.4 Å². The number of rotatable bonds is 2. The predicted octanol–water partition coefficient (Wildman–Crippen LogP) is 2.02. The van der Waals surface area contributed by atoms with Crippen LogP contribution in [0, 0.1) is 12.7 Å². The molecule has 1 amide bonds. The highest BCUT2D eigenvalue weighted by Gasteiger charge is 2.29. The fraction of sp³-hybridized carbons (Fsp3) is 0.500. The van der Waals surface area contributed by atoms with Gasteiger partial charge in [-0.3, -0.25) is 4.79 Å². The first-order valence-corrected chi connectivity index (χ1v) is 6.37. The zero-order valence-electron chi connectivity index (χ0n) is 11.3. The molecule has 1 aromatic carbocycles. The molecule has 1 heterocycles. The number of carbonyl (C=O) groups excluding carboxylic acids is 1. The molecule has 1 saturated heterocycles. The standard InChI is InChI=1S/C14H19FN2O2/c1-9-11(15)6-10(7-12(9)16)13(18)17-14(2)4-3-5-19-8-14/h6-7H,3-5,8,16H2,1-2H3,(H,17,18). The second-order valence-corrected chi connectivity index (χ2v) is 5.34. The smallest absolute Gasteiger partial charge is 0.251 e. The Labute approximate surface area is 112 Å². The minimum absolute atomic E-state index is 0.243. The topological polar surface area (TPSA) is 64.4 Å². The number of carbonyl (C=O) groups is 1. The van der Waals surface area contributed by atoms with E-state index in [1.165, 1.54) is 12.1 Å². The zero-order valence-corrected chi connectivity index (χ0v) is 11.3. The number of hydrogen-bond donors (Lipinski definition) is 2. The van der Waals surface area contributed by atoms with Crippen LogP contribution in [0.5, 0.6) is 0 Å². The summed E-state index contributed by atoms with van der Waals surface area (Å²) in [7, 11) is 0. The van der Waals surface area contributed by atoms with Crippen LogP contribution in [0.2, 0.25) is 0 Å². The molecule has 104 valence electrons. The van der Waals surface area contributed by atoms with Crippen LogP contribution in [-0.4, -0.2) is 24.7 Å². The van der Waals surface area contributed by atoms with Crippen LogP contribution >= 0.6 is 0 Å². The first kappa shape index (κ1) is 13.8. The van der Waals surface area contributed by atoms with Gasteiger partial charge in [0.15, 0.2) is 0 Å². The van der Waals surface area contributed by atoms with E-state index in [4.69, 9.17) is 10.5 Å². The van der Waals surface area contributed by atoms with Crippen molar-refractivity contribution >= 4 is 11.6 Å². The maximum absolute atomic E-state index is 13.6. The lowest BCUT2D eigenvalue weighted by atomic mass is 9.94. The second kappa shape index (κ2) is 5.17. The molecule has 0 bridgehead atoms. The quantitative estimate of drug-likeness (QED) is 0.805. The maximum atomic E-state index is 13.6. The number of halogens is 1. The summed E-state index contributed by atoms with van der Waals surface area (Å²) in [6.07, 6.45) is 1.75. The lowest BCUT2D eigenvalue weighted by Gasteiger charge is -2.34. The summed E-state index contributed by atoms with van der Waals surface area (Å²) in [6.45, 7) is 4.71. The number of anilines is 1. The van der Waals surface area contributed by atoms with E-state index in [1.54, 1.807) is 6.92 Å². The van der Waals surface area contributed by atoms with Gasteiger partial charge in [0.05, 0.1) is 12.1 Å². The lowest BCUT2D eigenvalue weighted by Crippen LogP contribution is -2.51. The molecule has 1 unspecified atom stereocenters. The monoisotopic (exact) mass is 266 g/mol. The summed E-state index contributed by atoms with van der Waals surface area (Å²) in [5, 5.41) is 2.90. The molecule has 0 aromatic heterocycles. The number of nitrogens with two attached hydrogens (primary N) is 1. The summed E-state index contributed by atoms with van der Waals surface area (Å²) in [5.41, 5.74) is 6.18. The van der Waals surface area contributed by atoms with Gasteiger partial charge in [-0.05, 0) is 38.8 Å². The molecule has 0 spiro atoms. The highest BCUT2D eigenvalue weighted by Crippen LogP contribution is 2.21. The first-order valence-electron chi connectivity index (χ1n) is 6.37. The fourth-order valence-electron chi connectivity index (χ4n) is 2.21. The van der Waals surface area contributed by atoms with Gasteiger partial charge in [0.25, 0.3) is 5.91 Å². The van der Waals surface area contributed by atoms with Gasteiger partial charge in [-0.1, -0.05) is 0 Å². The zero-order chi connectivity index (χ0) is 14.0. The SMILES string of the molecule is Cc1c(N)cc(C(=O)NC2(C)CCCOC2)cc1F. The molecule has 2 rings (SSSR count). The first-order chi connectivity index (χ1) is 8.91. The van der Waals surface area contributed by atoms with Crippen molar-refractivity contribution in [2.45, 2.75) is 32.2 Å². The van der Waals surface area contributed by atoms with Crippen LogP contribution in [0.15, 0.2) is 12.1 Å². The Morgan fingerprint density at radius 2 is 2.26 bits per heavy atom. The van der Waals surface area contributed by atoms with Gasteiger partial charge in [-0.25, -0.2) is 4.39 Å². The summed E-state index contributed by atoms with van der Waals surface area (Å²) in [4.78, 5) is 12.1. The van der Waals surface area contributed by atoms with Crippen molar-refractivity contribution in [2.75, 3.05) is 18.9 Å². The van der Waals surface area contributed by atoms with E-state index in [-0.39, 0.29) is 17.2 Å². The van der Waals surface area contributed by atoms with Crippen molar-refractivity contribution in [3.8, 4) is 0 Å². The number of amides is 1. The van der Waals surface area contributed by atoms with Gasteiger partial charge in [0.2, 0.25) is 0 Å². The molecule has 1 fully saturated rings. The van der Waals surface area contributed by atoms with Crippen LogP contribution in [-0.2, 0) is 4.74 Å². The van der Waals surface area contributed by atoms with Gasteiger partial charge < -0.3 is 15.8 Å². The van der Waals surface area contributed by atoms with E-state index in [0.29, 0.717) is 12.2 Å². The number of ether oxygens (including phenoxy) is 1. The Balaban J connectivity index is 2.16. The van der Waals surface area contributed by atoms with Crippen molar-refractivity contribution in [1.29, 1.82) is 0 Å². The third-order valence-electron chi connectivity index (χ3n) is 3.50. The summed E-state index contributed by atoms with van der Waals surface area (Å²) in [6, 6.07) is 2.72.